The number of esters is 3. The SMILES string of the molecule is CCCCC/C=C\C/C=C\CCCCCCCC(=O)OC[C@H](COC(=O)CCN(CC)CC)OC(=O)CCCCCCC/C=C\C/C=C\CCCCC. The Morgan fingerprint density at radius 2 is 0.830 bits per heavy atom. The molecule has 0 aromatic rings. The van der Waals surface area contributed by atoms with Crippen LogP contribution < -0.4 is 0 Å². The number of ether oxygens (including phenoxy) is 3. The van der Waals surface area contributed by atoms with Crippen molar-refractivity contribution >= 4 is 17.9 Å². The van der Waals surface area contributed by atoms with Gasteiger partial charge in [0.05, 0.1) is 6.42 Å². The summed E-state index contributed by atoms with van der Waals surface area (Å²) in [5.74, 6) is -0.994. The normalized spacial score (nSPS) is 12.5. The molecule has 1 atom stereocenters. The van der Waals surface area contributed by atoms with Gasteiger partial charge in [-0.25, -0.2) is 0 Å². The highest BCUT2D eigenvalue weighted by atomic mass is 16.6. The number of hydrogen-bond donors (Lipinski definition) is 0. The zero-order chi connectivity index (χ0) is 38.9. The smallest absolute Gasteiger partial charge is 0.307 e. The highest BCUT2D eigenvalue weighted by Crippen LogP contribution is 2.12. The Labute approximate surface area is 326 Å². The fraction of sp³-hybridized carbons (Fsp3) is 0.761. The summed E-state index contributed by atoms with van der Waals surface area (Å²) in [5, 5.41) is 0. The van der Waals surface area contributed by atoms with Gasteiger partial charge in [-0.2, -0.15) is 0 Å². The number of nitrogens with zero attached hydrogens (tertiary/aromatic N) is 1. The van der Waals surface area contributed by atoms with E-state index in [1.54, 1.807) is 0 Å². The lowest BCUT2D eigenvalue weighted by atomic mass is 10.1. The highest BCUT2D eigenvalue weighted by Gasteiger charge is 2.20. The molecule has 0 N–H and O–H groups in total. The van der Waals surface area contributed by atoms with Crippen LogP contribution in [0.2, 0.25) is 0 Å². The Bertz CT molecular complexity index is 967. The van der Waals surface area contributed by atoms with Gasteiger partial charge in [0, 0.05) is 19.4 Å². The monoisotopic (exact) mass is 744 g/mol. The van der Waals surface area contributed by atoms with E-state index in [9.17, 15) is 14.4 Å². The lowest BCUT2D eigenvalue weighted by Crippen LogP contribution is -2.32. The minimum atomic E-state index is -0.800. The van der Waals surface area contributed by atoms with Gasteiger partial charge in [0.25, 0.3) is 0 Å². The number of rotatable bonds is 38. The first-order chi connectivity index (χ1) is 26.0. The van der Waals surface area contributed by atoms with Gasteiger partial charge in [0.2, 0.25) is 0 Å². The van der Waals surface area contributed by atoms with E-state index < -0.39 is 6.10 Å². The van der Waals surface area contributed by atoms with Crippen molar-refractivity contribution in [2.45, 2.75) is 194 Å². The first kappa shape index (κ1) is 50.3. The Morgan fingerprint density at radius 1 is 0.453 bits per heavy atom. The predicted molar refractivity (Wildman–Crippen MR) is 223 cm³/mol. The third-order valence-electron chi connectivity index (χ3n) is 9.35. The van der Waals surface area contributed by atoms with E-state index in [-0.39, 0.29) is 37.5 Å². The first-order valence-corrected chi connectivity index (χ1v) is 21.8. The van der Waals surface area contributed by atoms with E-state index in [1.807, 2.05) is 0 Å². The third-order valence-corrected chi connectivity index (χ3v) is 9.35. The summed E-state index contributed by atoms with van der Waals surface area (Å²) in [6, 6.07) is 0. The molecule has 306 valence electrons. The largest absolute Gasteiger partial charge is 0.462 e. The van der Waals surface area contributed by atoms with E-state index in [1.165, 1.54) is 51.4 Å². The van der Waals surface area contributed by atoms with Crippen molar-refractivity contribution in [3.63, 3.8) is 0 Å². The molecule has 0 aromatic heterocycles. The minimum Gasteiger partial charge on any atom is -0.462 e. The van der Waals surface area contributed by atoms with Crippen LogP contribution in [0.1, 0.15) is 188 Å². The Balaban J connectivity index is 4.34. The second kappa shape index (κ2) is 40.5. The van der Waals surface area contributed by atoms with Gasteiger partial charge >= 0.3 is 17.9 Å². The second-order valence-electron chi connectivity index (χ2n) is 14.2. The average Bonchev–Trinajstić information content (AvgIpc) is 3.16. The van der Waals surface area contributed by atoms with Crippen molar-refractivity contribution in [1.82, 2.24) is 4.90 Å². The van der Waals surface area contributed by atoms with Gasteiger partial charge in [-0.1, -0.05) is 141 Å². The molecule has 7 nitrogen and oxygen atoms in total. The van der Waals surface area contributed by atoms with Gasteiger partial charge in [-0.05, 0) is 90.1 Å². The quantitative estimate of drug-likeness (QED) is 0.0269. The Kier molecular flexibility index (Phi) is 38.5. The van der Waals surface area contributed by atoms with Gasteiger partial charge in [-0.3, -0.25) is 14.4 Å². The molecule has 0 aliphatic heterocycles. The van der Waals surface area contributed by atoms with Crippen LogP contribution in [0, 0.1) is 0 Å². The van der Waals surface area contributed by atoms with E-state index in [4.69, 9.17) is 14.2 Å². The Hall–Kier alpha value is -2.67. The first-order valence-electron chi connectivity index (χ1n) is 21.8. The van der Waals surface area contributed by atoms with Crippen molar-refractivity contribution in [2.75, 3.05) is 32.8 Å². The van der Waals surface area contributed by atoms with Gasteiger partial charge in [0.15, 0.2) is 6.10 Å². The van der Waals surface area contributed by atoms with Crippen molar-refractivity contribution in [3.05, 3.63) is 48.6 Å². The molecular weight excluding hydrogens is 663 g/mol. The molecule has 7 heteroatoms. The van der Waals surface area contributed by atoms with Crippen LogP contribution in [0.25, 0.3) is 0 Å². The van der Waals surface area contributed by atoms with Crippen LogP contribution in [0.15, 0.2) is 48.6 Å². The molecule has 0 saturated carbocycles. The molecule has 0 unspecified atom stereocenters. The highest BCUT2D eigenvalue weighted by molar-refractivity contribution is 5.71. The van der Waals surface area contributed by atoms with E-state index in [0.717, 1.165) is 103 Å². The summed E-state index contributed by atoms with van der Waals surface area (Å²) >= 11 is 0. The van der Waals surface area contributed by atoms with Crippen molar-refractivity contribution in [2.24, 2.45) is 0 Å². The maximum absolute atomic E-state index is 12.7. The van der Waals surface area contributed by atoms with Crippen LogP contribution in [0.3, 0.4) is 0 Å². The van der Waals surface area contributed by atoms with E-state index >= 15 is 0 Å². The summed E-state index contributed by atoms with van der Waals surface area (Å²) in [7, 11) is 0. The molecule has 0 saturated heterocycles. The zero-order valence-electron chi connectivity index (χ0n) is 34.8. The summed E-state index contributed by atoms with van der Waals surface area (Å²) in [5.41, 5.74) is 0. The molecule has 0 heterocycles. The molecule has 0 radical (unpaired) electrons. The number of hydrogen-bond acceptors (Lipinski definition) is 7. The molecule has 0 rings (SSSR count). The van der Waals surface area contributed by atoms with Crippen LogP contribution in [0.5, 0.6) is 0 Å². The fourth-order valence-corrected chi connectivity index (χ4v) is 5.83. The molecule has 0 aromatic carbocycles. The number of carbonyl (C=O) groups is 3. The van der Waals surface area contributed by atoms with Crippen molar-refractivity contribution in [3.8, 4) is 0 Å². The molecule has 0 aliphatic carbocycles. The third kappa shape index (κ3) is 37.4. The van der Waals surface area contributed by atoms with Crippen LogP contribution in [-0.4, -0.2) is 61.8 Å². The topological polar surface area (TPSA) is 82.1 Å². The van der Waals surface area contributed by atoms with Gasteiger partial charge < -0.3 is 19.1 Å². The van der Waals surface area contributed by atoms with Crippen LogP contribution in [0.4, 0.5) is 0 Å². The standard InChI is InChI=1S/C46H81NO6/c1-5-9-11-13-15-17-19-21-23-25-27-29-31-33-35-37-44(48)51-41-43(42-52-45(49)39-40-47(7-3)8-4)53-46(50)38-36-34-32-30-28-26-24-22-20-18-16-14-12-10-6-2/h15-18,21-24,43H,5-14,19-20,25-42H2,1-4H3/b17-15-,18-16-,23-21-,24-22-/t43-/m1/s1. The number of unbranched alkanes of at least 4 members (excludes halogenated alkanes) is 16. The number of allylic oxidation sites excluding steroid dienone is 8. The molecule has 0 aliphatic rings. The lowest BCUT2D eigenvalue weighted by Gasteiger charge is -2.20. The van der Waals surface area contributed by atoms with Crippen LogP contribution in [-0.2, 0) is 28.6 Å². The Morgan fingerprint density at radius 3 is 1.26 bits per heavy atom. The number of carbonyl (C=O) groups excluding carboxylic acids is 3. The van der Waals surface area contributed by atoms with Crippen LogP contribution >= 0.6 is 0 Å². The summed E-state index contributed by atoms with van der Waals surface area (Å²) in [6.07, 6.45) is 42.8. The molecular formula is C46H81NO6. The molecule has 0 amide bonds. The summed E-state index contributed by atoms with van der Waals surface area (Å²) in [6.45, 7) is 10.7. The molecule has 0 spiro atoms. The van der Waals surface area contributed by atoms with Gasteiger partial charge in [0.1, 0.15) is 13.2 Å². The van der Waals surface area contributed by atoms with Gasteiger partial charge in [-0.15, -0.1) is 0 Å². The predicted octanol–water partition coefficient (Wildman–Crippen LogP) is 12.3. The molecule has 0 bridgehead atoms. The minimum absolute atomic E-state index is 0.101. The maximum atomic E-state index is 12.7. The van der Waals surface area contributed by atoms with Crippen molar-refractivity contribution < 1.29 is 28.6 Å². The summed E-state index contributed by atoms with van der Waals surface area (Å²) in [4.78, 5) is 39.7. The molecule has 0 fully saturated rings. The summed E-state index contributed by atoms with van der Waals surface area (Å²) < 4.78 is 16.6. The molecule has 53 heavy (non-hydrogen) atoms. The fourth-order valence-electron chi connectivity index (χ4n) is 5.83. The average molecular weight is 744 g/mol. The second-order valence-corrected chi connectivity index (χ2v) is 14.2. The van der Waals surface area contributed by atoms with Crippen molar-refractivity contribution in [1.29, 1.82) is 0 Å². The van der Waals surface area contributed by atoms with E-state index in [0.29, 0.717) is 19.4 Å². The maximum Gasteiger partial charge on any atom is 0.307 e. The lowest BCUT2D eigenvalue weighted by molar-refractivity contribution is -0.167. The zero-order valence-corrected chi connectivity index (χ0v) is 34.8. The van der Waals surface area contributed by atoms with E-state index in [2.05, 4.69) is 81.2 Å².